The summed E-state index contributed by atoms with van der Waals surface area (Å²) in [7, 11) is 3.08. The van der Waals surface area contributed by atoms with Crippen LogP contribution >= 0.6 is 0 Å². The van der Waals surface area contributed by atoms with Gasteiger partial charge in [0.1, 0.15) is 5.75 Å². The monoisotopic (exact) mass is 255 g/mol. The summed E-state index contributed by atoms with van der Waals surface area (Å²) in [4.78, 5) is 4.06. The number of aliphatic hydroxyl groups is 1. The molecular formula is C13H21NO4. The van der Waals surface area contributed by atoms with E-state index in [-0.39, 0.29) is 0 Å². The number of aromatic nitrogens is 1. The molecular weight excluding hydrogens is 234 g/mol. The summed E-state index contributed by atoms with van der Waals surface area (Å²) in [5.74, 6) is 0.640. The average molecular weight is 255 g/mol. The molecule has 5 heteroatoms. The van der Waals surface area contributed by atoms with Crippen molar-refractivity contribution in [2.45, 2.75) is 32.2 Å². The molecule has 0 bridgehead atoms. The number of hydrogen-bond acceptors (Lipinski definition) is 5. The molecule has 18 heavy (non-hydrogen) atoms. The zero-order valence-corrected chi connectivity index (χ0v) is 11.3. The Balaban J connectivity index is 2.85. The van der Waals surface area contributed by atoms with Crippen LogP contribution in [0.1, 0.15) is 25.8 Å². The van der Waals surface area contributed by atoms with E-state index in [4.69, 9.17) is 14.2 Å². The van der Waals surface area contributed by atoms with Gasteiger partial charge in [-0.3, -0.25) is 4.98 Å². The zero-order valence-electron chi connectivity index (χ0n) is 11.3. The summed E-state index contributed by atoms with van der Waals surface area (Å²) in [6, 6.07) is 1.78. The Hall–Kier alpha value is -1.17. The first-order valence-corrected chi connectivity index (χ1v) is 5.89. The van der Waals surface area contributed by atoms with Crippen LogP contribution in [-0.4, -0.2) is 37.2 Å². The van der Waals surface area contributed by atoms with Gasteiger partial charge >= 0.3 is 0 Å². The van der Waals surface area contributed by atoms with Gasteiger partial charge in [0.25, 0.3) is 0 Å². The number of ether oxygens (including phenoxy) is 3. The van der Waals surface area contributed by atoms with Crippen molar-refractivity contribution in [2.75, 3.05) is 20.8 Å². The third-order valence-corrected chi connectivity index (χ3v) is 2.74. The molecule has 0 fully saturated rings. The second kappa shape index (κ2) is 6.68. The van der Waals surface area contributed by atoms with Crippen LogP contribution in [0.3, 0.4) is 0 Å². The fourth-order valence-electron chi connectivity index (χ4n) is 1.66. The zero-order chi connectivity index (χ0) is 13.6. The number of methoxy groups -OCH3 is 2. The van der Waals surface area contributed by atoms with Gasteiger partial charge in [0.15, 0.2) is 6.29 Å². The van der Waals surface area contributed by atoms with Gasteiger partial charge in [-0.15, -0.1) is 0 Å². The van der Waals surface area contributed by atoms with Crippen molar-refractivity contribution in [1.82, 2.24) is 4.98 Å². The van der Waals surface area contributed by atoms with Crippen molar-refractivity contribution in [3.8, 4) is 5.75 Å². The molecule has 1 unspecified atom stereocenters. The highest BCUT2D eigenvalue weighted by atomic mass is 16.7. The molecule has 0 amide bonds. The smallest absolute Gasteiger partial charge is 0.159 e. The van der Waals surface area contributed by atoms with Gasteiger partial charge < -0.3 is 19.3 Å². The molecule has 1 N–H and O–H groups in total. The van der Waals surface area contributed by atoms with E-state index >= 15 is 0 Å². The lowest BCUT2D eigenvalue weighted by molar-refractivity contribution is -0.142. The molecule has 0 aliphatic rings. The normalized spacial score (nSPS) is 14.6. The Morgan fingerprint density at radius 1 is 1.33 bits per heavy atom. The van der Waals surface area contributed by atoms with Crippen LogP contribution in [0.15, 0.2) is 18.5 Å². The average Bonchev–Trinajstić information content (AvgIpc) is 2.37. The maximum atomic E-state index is 10.5. The summed E-state index contributed by atoms with van der Waals surface area (Å²) >= 11 is 0. The quantitative estimate of drug-likeness (QED) is 0.751. The van der Waals surface area contributed by atoms with Crippen LogP contribution in [-0.2, 0) is 15.1 Å². The Labute approximate surface area is 108 Å². The Morgan fingerprint density at radius 2 is 2.00 bits per heavy atom. The fraction of sp³-hybridized carbons (Fsp3) is 0.615. The van der Waals surface area contributed by atoms with E-state index in [1.807, 2.05) is 6.92 Å². The van der Waals surface area contributed by atoms with Crippen LogP contribution < -0.4 is 4.74 Å². The lowest BCUT2D eigenvalue weighted by atomic mass is 9.93. The van der Waals surface area contributed by atoms with E-state index in [0.29, 0.717) is 24.3 Å². The molecule has 0 aliphatic carbocycles. The van der Waals surface area contributed by atoms with Gasteiger partial charge in [0.05, 0.1) is 18.4 Å². The number of hydrogen-bond donors (Lipinski definition) is 1. The van der Waals surface area contributed by atoms with Crippen molar-refractivity contribution in [2.24, 2.45) is 0 Å². The molecule has 1 atom stereocenters. The van der Waals surface area contributed by atoms with Crippen molar-refractivity contribution in [3.63, 3.8) is 0 Å². The molecule has 102 valence electrons. The van der Waals surface area contributed by atoms with Crippen LogP contribution in [0.2, 0.25) is 0 Å². The first kappa shape index (κ1) is 14.9. The van der Waals surface area contributed by atoms with Crippen molar-refractivity contribution < 1.29 is 19.3 Å². The third-order valence-electron chi connectivity index (χ3n) is 2.74. The molecule has 0 radical (unpaired) electrons. The molecule has 0 aromatic carbocycles. The molecule has 1 aromatic rings. The van der Waals surface area contributed by atoms with Gasteiger partial charge in [0, 0.05) is 32.4 Å². The highest BCUT2D eigenvalue weighted by molar-refractivity contribution is 5.27. The first-order valence-electron chi connectivity index (χ1n) is 5.89. The second-order valence-corrected chi connectivity index (χ2v) is 4.22. The Kier molecular flexibility index (Phi) is 5.53. The molecule has 1 aromatic heterocycles. The third kappa shape index (κ3) is 3.94. The first-order chi connectivity index (χ1) is 8.53. The number of nitrogens with zero attached hydrogens (tertiary/aromatic N) is 1. The fourth-order valence-corrected chi connectivity index (χ4v) is 1.66. The van der Waals surface area contributed by atoms with Crippen LogP contribution in [0.5, 0.6) is 5.75 Å². The van der Waals surface area contributed by atoms with Gasteiger partial charge in [-0.1, -0.05) is 0 Å². The van der Waals surface area contributed by atoms with Gasteiger partial charge in [-0.05, 0) is 19.9 Å². The van der Waals surface area contributed by atoms with E-state index in [2.05, 4.69) is 4.98 Å². The van der Waals surface area contributed by atoms with E-state index in [1.54, 1.807) is 39.6 Å². The minimum absolute atomic E-state index is 0.317. The number of pyridine rings is 1. The van der Waals surface area contributed by atoms with Crippen molar-refractivity contribution >= 4 is 0 Å². The van der Waals surface area contributed by atoms with Crippen molar-refractivity contribution in [3.05, 3.63) is 24.0 Å². The molecule has 1 rings (SSSR count). The summed E-state index contributed by atoms with van der Waals surface area (Å²) < 4.78 is 15.6. The van der Waals surface area contributed by atoms with E-state index in [1.165, 1.54) is 0 Å². The summed E-state index contributed by atoms with van der Waals surface area (Å²) in [5.41, 5.74) is -0.413. The van der Waals surface area contributed by atoms with Crippen molar-refractivity contribution in [1.29, 1.82) is 0 Å². The molecule has 0 aliphatic heterocycles. The highest BCUT2D eigenvalue weighted by Gasteiger charge is 2.28. The molecule has 0 spiro atoms. The van der Waals surface area contributed by atoms with Crippen LogP contribution in [0, 0.1) is 0 Å². The maximum absolute atomic E-state index is 10.5. The lowest BCUT2D eigenvalue weighted by Crippen LogP contribution is -2.29. The van der Waals surface area contributed by atoms with E-state index in [9.17, 15) is 5.11 Å². The van der Waals surface area contributed by atoms with E-state index < -0.39 is 11.9 Å². The second-order valence-electron chi connectivity index (χ2n) is 4.22. The minimum Gasteiger partial charge on any atom is -0.492 e. The lowest BCUT2D eigenvalue weighted by Gasteiger charge is -2.27. The SMILES string of the molecule is CCOc1cncc(C(C)(O)CC(OC)OC)c1. The number of rotatable bonds is 7. The molecule has 0 saturated carbocycles. The molecule has 5 nitrogen and oxygen atoms in total. The summed E-state index contributed by atoms with van der Waals surface area (Å²) in [5, 5.41) is 10.5. The van der Waals surface area contributed by atoms with Gasteiger partial charge in [0.2, 0.25) is 0 Å². The minimum atomic E-state index is -1.09. The van der Waals surface area contributed by atoms with Gasteiger partial charge in [-0.25, -0.2) is 0 Å². The summed E-state index contributed by atoms with van der Waals surface area (Å²) in [6.45, 7) is 4.16. The molecule has 1 heterocycles. The van der Waals surface area contributed by atoms with E-state index in [0.717, 1.165) is 0 Å². The maximum Gasteiger partial charge on any atom is 0.159 e. The predicted molar refractivity (Wildman–Crippen MR) is 67.4 cm³/mol. The van der Waals surface area contributed by atoms with Crippen LogP contribution in [0.4, 0.5) is 0 Å². The Morgan fingerprint density at radius 3 is 2.56 bits per heavy atom. The predicted octanol–water partition coefficient (Wildman–Crippen LogP) is 1.70. The van der Waals surface area contributed by atoms with Gasteiger partial charge in [-0.2, -0.15) is 0 Å². The highest BCUT2D eigenvalue weighted by Crippen LogP contribution is 2.28. The largest absolute Gasteiger partial charge is 0.492 e. The van der Waals surface area contributed by atoms with Crippen LogP contribution in [0.25, 0.3) is 0 Å². The molecule has 0 saturated heterocycles. The standard InChI is InChI=1S/C13H21NO4/c1-5-18-11-6-10(8-14-9-11)13(2,15)7-12(16-3)17-4/h6,8-9,12,15H,5,7H2,1-4H3. The topological polar surface area (TPSA) is 60.8 Å². The summed E-state index contributed by atoms with van der Waals surface area (Å²) in [6.07, 6.45) is 3.09. The Bertz CT molecular complexity index is 364.